The lowest BCUT2D eigenvalue weighted by molar-refractivity contribution is 0.718. The number of fused-ring (bicyclic) bond motifs is 10. The summed E-state index contributed by atoms with van der Waals surface area (Å²) in [6.07, 6.45) is 9.50. The van der Waals surface area contributed by atoms with Gasteiger partial charge in [0, 0.05) is 46.0 Å². The lowest BCUT2D eigenvalue weighted by Crippen LogP contribution is -2.54. The van der Waals surface area contributed by atoms with Crippen LogP contribution in [0.4, 0.5) is 11.4 Å². The number of rotatable bonds is 2. The van der Waals surface area contributed by atoms with Crippen molar-refractivity contribution >= 4 is 29.3 Å². The highest BCUT2D eigenvalue weighted by molar-refractivity contribution is 6.87. The lowest BCUT2D eigenvalue weighted by Gasteiger charge is -2.46. The van der Waals surface area contributed by atoms with E-state index in [1.807, 2.05) is 24.5 Å². The maximum absolute atomic E-state index is 4.65. The van der Waals surface area contributed by atoms with Gasteiger partial charge >= 0.3 is 6.85 Å². The number of benzene rings is 3. The molecule has 3 nitrogen and oxygen atoms in total. The maximum Gasteiger partial charge on any atom is 0.325 e. The molecule has 4 heterocycles. The van der Waals surface area contributed by atoms with Crippen molar-refractivity contribution in [3.63, 3.8) is 0 Å². The molecular weight excluding hydrogens is 473 g/mol. The third-order valence-electron chi connectivity index (χ3n) is 8.44. The van der Waals surface area contributed by atoms with Crippen LogP contribution >= 0.6 is 0 Å². The van der Waals surface area contributed by atoms with E-state index >= 15 is 0 Å². The van der Waals surface area contributed by atoms with Gasteiger partial charge in [-0.2, -0.15) is 0 Å². The first kappa shape index (κ1) is 22.3. The van der Waals surface area contributed by atoms with Crippen molar-refractivity contribution in [3.8, 4) is 33.6 Å². The highest BCUT2D eigenvalue weighted by atomic mass is 15.1. The molecular formula is C35H26BN3. The average Bonchev–Trinajstić information content (AvgIpc) is 3.01. The Morgan fingerprint density at radius 3 is 2.03 bits per heavy atom. The molecule has 0 fully saturated rings. The molecule has 0 radical (unpaired) electrons. The Morgan fingerprint density at radius 1 is 0.692 bits per heavy atom. The molecule has 0 saturated carbocycles. The predicted octanol–water partition coefficient (Wildman–Crippen LogP) is 7.73. The molecule has 8 rings (SSSR count). The van der Waals surface area contributed by atoms with Crippen LogP contribution in [0.15, 0.2) is 127 Å². The summed E-state index contributed by atoms with van der Waals surface area (Å²) in [5.74, 6) is 0.451. The zero-order valence-corrected chi connectivity index (χ0v) is 21.8. The van der Waals surface area contributed by atoms with Crippen molar-refractivity contribution in [2.75, 3.05) is 4.81 Å². The molecule has 3 aromatic carbocycles. The second kappa shape index (κ2) is 8.67. The van der Waals surface area contributed by atoms with Crippen LogP contribution in [-0.2, 0) is 0 Å². The van der Waals surface area contributed by atoms with Crippen LogP contribution in [0.3, 0.4) is 0 Å². The van der Waals surface area contributed by atoms with E-state index in [-0.39, 0.29) is 6.85 Å². The Kier molecular flexibility index (Phi) is 4.96. The van der Waals surface area contributed by atoms with Crippen LogP contribution in [0.5, 0.6) is 0 Å². The van der Waals surface area contributed by atoms with Gasteiger partial charge in [-0.25, -0.2) is 0 Å². The average molecular weight is 499 g/mol. The molecule has 0 N–H and O–H groups in total. The Labute approximate surface area is 229 Å². The van der Waals surface area contributed by atoms with Crippen molar-refractivity contribution < 1.29 is 0 Å². The lowest BCUT2D eigenvalue weighted by atomic mass is 9.40. The minimum Gasteiger partial charge on any atom is -0.376 e. The maximum atomic E-state index is 4.65. The first-order valence-corrected chi connectivity index (χ1v) is 13.7. The monoisotopic (exact) mass is 499 g/mol. The molecule has 2 aliphatic heterocycles. The van der Waals surface area contributed by atoms with Gasteiger partial charge in [-0.1, -0.05) is 73.1 Å². The first-order valence-electron chi connectivity index (χ1n) is 13.7. The predicted molar refractivity (Wildman–Crippen MR) is 162 cm³/mol. The van der Waals surface area contributed by atoms with E-state index in [0.29, 0.717) is 5.92 Å². The molecule has 4 heteroatoms. The second-order valence-electron chi connectivity index (χ2n) is 10.7. The van der Waals surface area contributed by atoms with E-state index < -0.39 is 0 Å². The van der Waals surface area contributed by atoms with Gasteiger partial charge in [0.2, 0.25) is 0 Å². The number of nitrogens with zero attached hydrogens (tertiary/aromatic N) is 3. The van der Waals surface area contributed by atoms with Gasteiger partial charge in [-0.05, 0) is 77.5 Å². The summed E-state index contributed by atoms with van der Waals surface area (Å²) < 4.78 is 0. The summed E-state index contributed by atoms with van der Waals surface area (Å²) in [5.41, 5.74) is 14.9. The van der Waals surface area contributed by atoms with Crippen LogP contribution in [0.2, 0.25) is 0 Å². The number of hydrogen-bond acceptors (Lipinski definition) is 3. The quantitative estimate of drug-likeness (QED) is 0.233. The Morgan fingerprint density at radius 2 is 1.33 bits per heavy atom. The minimum absolute atomic E-state index is 0.164. The molecule has 0 bridgehead atoms. The normalized spacial score (nSPS) is 16.7. The first-order chi connectivity index (χ1) is 19.3. The SMILES string of the molecule is CC1CC=CC2=C1B1c3ccccc3-c3cc(-c4ccccn4)ccc3N1c1ccc(-c3ccccn3)cc12. The van der Waals surface area contributed by atoms with Gasteiger partial charge in [0.05, 0.1) is 11.4 Å². The van der Waals surface area contributed by atoms with Gasteiger partial charge in [-0.3, -0.25) is 9.97 Å². The van der Waals surface area contributed by atoms with Crippen molar-refractivity contribution in [1.82, 2.24) is 9.97 Å². The molecule has 1 unspecified atom stereocenters. The standard InChI is InChI=1S/C35H26BN3/c1-23-9-8-11-27-29-22-25(32-14-5-7-20-38-32)16-18-34(29)39-33-17-15-24(31-13-4-6-19-37-31)21-28(33)26-10-2-3-12-30(26)36(39)35(23)27/h2-8,10-23H,9H2,1H3. The third-order valence-corrected chi connectivity index (χ3v) is 8.44. The minimum atomic E-state index is 0.164. The molecule has 5 aromatic rings. The van der Waals surface area contributed by atoms with Crippen LogP contribution in [-0.4, -0.2) is 16.8 Å². The second-order valence-corrected chi connectivity index (χ2v) is 10.7. The van der Waals surface area contributed by atoms with Gasteiger partial charge in [0.1, 0.15) is 0 Å². The fourth-order valence-corrected chi connectivity index (χ4v) is 6.68. The summed E-state index contributed by atoms with van der Waals surface area (Å²) >= 11 is 0. The Bertz CT molecular complexity index is 1810. The summed E-state index contributed by atoms with van der Waals surface area (Å²) in [4.78, 5) is 11.9. The van der Waals surface area contributed by atoms with E-state index in [4.69, 9.17) is 0 Å². The fourth-order valence-electron chi connectivity index (χ4n) is 6.68. The molecule has 1 aliphatic carbocycles. The number of anilines is 2. The van der Waals surface area contributed by atoms with E-state index in [0.717, 1.165) is 28.9 Å². The van der Waals surface area contributed by atoms with E-state index in [1.165, 1.54) is 44.6 Å². The molecule has 184 valence electrons. The van der Waals surface area contributed by atoms with Gasteiger partial charge in [0.25, 0.3) is 0 Å². The number of pyridine rings is 2. The molecule has 2 aromatic heterocycles. The molecule has 39 heavy (non-hydrogen) atoms. The molecule has 1 atom stereocenters. The molecule has 0 saturated heterocycles. The zero-order valence-electron chi connectivity index (χ0n) is 21.8. The van der Waals surface area contributed by atoms with Gasteiger partial charge in [0.15, 0.2) is 0 Å². The van der Waals surface area contributed by atoms with Crippen LogP contribution in [0, 0.1) is 5.92 Å². The van der Waals surface area contributed by atoms with E-state index in [2.05, 4.69) is 119 Å². The highest BCUT2D eigenvalue weighted by Crippen LogP contribution is 2.51. The summed E-state index contributed by atoms with van der Waals surface area (Å²) in [6.45, 7) is 2.55. The van der Waals surface area contributed by atoms with Crippen molar-refractivity contribution in [2.45, 2.75) is 13.3 Å². The third kappa shape index (κ3) is 3.38. The Hall–Kier alpha value is -4.70. The molecule has 3 aliphatic rings. The number of allylic oxidation sites excluding steroid dienone is 4. The van der Waals surface area contributed by atoms with Crippen LogP contribution in [0.25, 0.3) is 39.2 Å². The van der Waals surface area contributed by atoms with Gasteiger partial charge in [-0.15, -0.1) is 0 Å². The van der Waals surface area contributed by atoms with Crippen molar-refractivity contribution in [3.05, 3.63) is 133 Å². The van der Waals surface area contributed by atoms with Gasteiger partial charge < -0.3 is 4.81 Å². The Balaban J connectivity index is 1.40. The summed E-state index contributed by atoms with van der Waals surface area (Å²) in [5, 5.41) is 0. The summed E-state index contributed by atoms with van der Waals surface area (Å²) in [7, 11) is 0. The van der Waals surface area contributed by atoms with Crippen molar-refractivity contribution in [1.29, 1.82) is 0 Å². The number of aromatic nitrogens is 2. The fraction of sp³-hybridized carbons (Fsp3) is 0.0857. The molecule has 0 amide bonds. The van der Waals surface area contributed by atoms with E-state index in [1.54, 1.807) is 0 Å². The molecule has 0 spiro atoms. The van der Waals surface area contributed by atoms with E-state index in [9.17, 15) is 0 Å². The van der Waals surface area contributed by atoms with Crippen LogP contribution < -0.4 is 10.3 Å². The topological polar surface area (TPSA) is 29.0 Å². The zero-order chi connectivity index (χ0) is 25.9. The smallest absolute Gasteiger partial charge is 0.325 e. The highest BCUT2D eigenvalue weighted by Gasteiger charge is 2.45. The number of hydrogen-bond donors (Lipinski definition) is 0. The summed E-state index contributed by atoms with van der Waals surface area (Å²) in [6, 6.07) is 34.9. The van der Waals surface area contributed by atoms with Crippen LogP contribution in [0.1, 0.15) is 18.9 Å². The van der Waals surface area contributed by atoms with Crippen molar-refractivity contribution in [2.24, 2.45) is 5.92 Å². The largest absolute Gasteiger partial charge is 0.376 e.